The molecule has 5 nitrogen and oxygen atoms in total. The number of ether oxygens (including phenoxy) is 1. The van der Waals surface area contributed by atoms with Gasteiger partial charge in [-0.25, -0.2) is 0 Å². The van der Waals surface area contributed by atoms with E-state index < -0.39 is 11.6 Å². The number of hydrogen-bond donors (Lipinski definition) is 1. The van der Waals surface area contributed by atoms with Crippen LogP contribution >= 0.6 is 0 Å². The molecule has 18 heavy (non-hydrogen) atoms. The number of methoxy groups -OCH3 is 1. The molecule has 0 bridgehead atoms. The van der Waals surface area contributed by atoms with Crippen molar-refractivity contribution >= 4 is 11.8 Å². The van der Waals surface area contributed by atoms with E-state index in [9.17, 15) is 9.59 Å². The third kappa shape index (κ3) is 3.45. The highest BCUT2D eigenvalue weighted by Gasteiger charge is 2.40. The third-order valence-corrected chi connectivity index (χ3v) is 3.14. The summed E-state index contributed by atoms with van der Waals surface area (Å²) in [5, 5.41) is 2.77. The lowest BCUT2D eigenvalue weighted by Crippen LogP contribution is -2.64. The molecule has 1 aliphatic rings. The van der Waals surface area contributed by atoms with Crippen molar-refractivity contribution in [2.24, 2.45) is 5.92 Å². The topological polar surface area (TPSA) is 58.6 Å². The molecule has 1 atom stereocenters. The SMILES string of the molecule is COCC(C)(C)N1CC(=O)NC(CC(C)C)C1=O. The molecule has 1 unspecified atom stereocenters. The lowest BCUT2D eigenvalue weighted by molar-refractivity contribution is -0.152. The number of rotatable bonds is 5. The minimum Gasteiger partial charge on any atom is -0.382 e. The molecular formula is C13H24N2O3. The zero-order valence-electron chi connectivity index (χ0n) is 11.9. The lowest BCUT2D eigenvalue weighted by atomic mass is 9.96. The summed E-state index contributed by atoms with van der Waals surface area (Å²) in [7, 11) is 1.60. The second-order valence-corrected chi connectivity index (χ2v) is 5.92. The zero-order chi connectivity index (χ0) is 13.9. The van der Waals surface area contributed by atoms with Gasteiger partial charge in [0, 0.05) is 7.11 Å². The number of piperazine rings is 1. The first kappa shape index (κ1) is 15.0. The lowest BCUT2D eigenvalue weighted by Gasteiger charge is -2.43. The molecule has 0 radical (unpaired) electrons. The average molecular weight is 256 g/mol. The first-order valence-corrected chi connectivity index (χ1v) is 6.37. The van der Waals surface area contributed by atoms with Gasteiger partial charge in [-0.15, -0.1) is 0 Å². The van der Waals surface area contributed by atoms with Gasteiger partial charge in [0.2, 0.25) is 11.8 Å². The summed E-state index contributed by atoms with van der Waals surface area (Å²) in [4.78, 5) is 25.7. The number of carbonyl (C=O) groups excluding carboxylic acids is 2. The molecule has 0 spiro atoms. The predicted molar refractivity (Wildman–Crippen MR) is 69.1 cm³/mol. The molecule has 2 amide bonds. The number of amides is 2. The van der Waals surface area contributed by atoms with Crippen molar-refractivity contribution in [1.29, 1.82) is 0 Å². The molecule has 1 heterocycles. The molecule has 1 rings (SSSR count). The van der Waals surface area contributed by atoms with Crippen molar-refractivity contribution in [1.82, 2.24) is 10.2 Å². The van der Waals surface area contributed by atoms with Gasteiger partial charge in [0.1, 0.15) is 12.6 Å². The number of nitrogens with zero attached hydrogens (tertiary/aromatic N) is 1. The molecule has 1 N–H and O–H groups in total. The van der Waals surface area contributed by atoms with Crippen LogP contribution in [0.4, 0.5) is 0 Å². The van der Waals surface area contributed by atoms with Gasteiger partial charge >= 0.3 is 0 Å². The molecule has 1 saturated heterocycles. The van der Waals surface area contributed by atoms with Crippen LogP contribution in [0.5, 0.6) is 0 Å². The molecule has 5 heteroatoms. The second kappa shape index (κ2) is 5.69. The maximum absolute atomic E-state index is 12.4. The van der Waals surface area contributed by atoms with E-state index in [0.717, 1.165) is 0 Å². The third-order valence-electron chi connectivity index (χ3n) is 3.14. The molecule has 0 aromatic heterocycles. The van der Waals surface area contributed by atoms with E-state index in [1.807, 2.05) is 27.7 Å². The molecule has 0 aliphatic carbocycles. The van der Waals surface area contributed by atoms with Crippen LogP contribution in [0.3, 0.4) is 0 Å². The van der Waals surface area contributed by atoms with Crippen LogP contribution in [0.15, 0.2) is 0 Å². The summed E-state index contributed by atoms with van der Waals surface area (Å²) < 4.78 is 5.13. The van der Waals surface area contributed by atoms with Crippen LogP contribution in [0.2, 0.25) is 0 Å². The van der Waals surface area contributed by atoms with Gasteiger partial charge in [0.15, 0.2) is 0 Å². The van der Waals surface area contributed by atoms with E-state index in [2.05, 4.69) is 5.32 Å². The molecule has 1 fully saturated rings. The van der Waals surface area contributed by atoms with E-state index in [0.29, 0.717) is 18.9 Å². The molecule has 104 valence electrons. The Balaban J connectivity index is 2.85. The van der Waals surface area contributed by atoms with Gasteiger partial charge in [-0.2, -0.15) is 0 Å². The Labute approximate surface area is 109 Å². The molecule has 0 aromatic carbocycles. The summed E-state index contributed by atoms with van der Waals surface area (Å²) >= 11 is 0. The van der Waals surface area contributed by atoms with Crippen LogP contribution in [-0.2, 0) is 14.3 Å². The molecule has 1 aliphatic heterocycles. The van der Waals surface area contributed by atoms with Gasteiger partial charge in [0.25, 0.3) is 0 Å². The first-order chi connectivity index (χ1) is 8.27. The molecule has 0 aromatic rings. The predicted octanol–water partition coefficient (Wildman–Crippen LogP) is 0.785. The van der Waals surface area contributed by atoms with Crippen LogP contribution in [-0.4, -0.2) is 48.6 Å². The zero-order valence-corrected chi connectivity index (χ0v) is 11.9. The highest BCUT2D eigenvalue weighted by Crippen LogP contribution is 2.20. The molecule has 0 saturated carbocycles. The Morgan fingerprint density at radius 3 is 2.56 bits per heavy atom. The molecular weight excluding hydrogens is 232 g/mol. The minimum atomic E-state index is -0.460. The number of nitrogens with one attached hydrogen (secondary N) is 1. The fourth-order valence-electron chi connectivity index (χ4n) is 2.29. The normalized spacial score (nSPS) is 21.4. The van der Waals surface area contributed by atoms with E-state index in [-0.39, 0.29) is 18.4 Å². The van der Waals surface area contributed by atoms with E-state index in [1.54, 1.807) is 12.0 Å². The smallest absolute Gasteiger partial charge is 0.246 e. The van der Waals surface area contributed by atoms with Crippen LogP contribution in [0.25, 0.3) is 0 Å². The summed E-state index contributed by atoms with van der Waals surface area (Å²) in [6.07, 6.45) is 0.671. The van der Waals surface area contributed by atoms with Crippen molar-refractivity contribution in [3.05, 3.63) is 0 Å². The van der Waals surface area contributed by atoms with Crippen molar-refractivity contribution in [3.63, 3.8) is 0 Å². The van der Waals surface area contributed by atoms with E-state index in [1.165, 1.54) is 0 Å². The largest absolute Gasteiger partial charge is 0.382 e. The highest BCUT2D eigenvalue weighted by molar-refractivity contribution is 5.95. The first-order valence-electron chi connectivity index (χ1n) is 6.37. The Morgan fingerprint density at radius 2 is 2.06 bits per heavy atom. The summed E-state index contributed by atoms with van der Waals surface area (Å²) in [6, 6.07) is -0.401. The summed E-state index contributed by atoms with van der Waals surface area (Å²) in [6.45, 7) is 8.44. The van der Waals surface area contributed by atoms with Gasteiger partial charge in [-0.1, -0.05) is 13.8 Å². The van der Waals surface area contributed by atoms with Gasteiger partial charge in [0.05, 0.1) is 12.1 Å². The van der Waals surface area contributed by atoms with Crippen molar-refractivity contribution in [2.45, 2.75) is 45.7 Å². The van der Waals surface area contributed by atoms with Gasteiger partial charge in [-0.3, -0.25) is 9.59 Å². The van der Waals surface area contributed by atoms with Crippen molar-refractivity contribution in [2.75, 3.05) is 20.3 Å². The van der Waals surface area contributed by atoms with Crippen LogP contribution < -0.4 is 5.32 Å². The summed E-state index contributed by atoms with van der Waals surface area (Å²) in [5.41, 5.74) is -0.460. The van der Waals surface area contributed by atoms with Crippen molar-refractivity contribution < 1.29 is 14.3 Å². The van der Waals surface area contributed by atoms with Gasteiger partial charge in [-0.05, 0) is 26.2 Å². The standard InChI is InChI=1S/C13H24N2O3/c1-9(2)6-10-12(17)15(7-11(16)14-10)13(3,4)8-18-5/h9-10H,6-8H2,1-5H3,(H,14,16). The Kier molecular flexibility index (Phi) is 4.73. The monoisotopic (exact) mass is 256 g/mol. The maximum Gasteiger partial charge on any atom is 0.246 e. The summed E-state index contributed by atoms with van der Waals surface area (Å²) in [5.74, 6) is 0.263. The Morgan fingerprint density at radius 1 is 1.44 bits per heavy atom. The number of hydrogen-bond acceptors (Lipinski definition) is 3. The minimum absolute atomic E-state index is 0.00894. The average Bonchev–Trinajstić information content (AvgIpc) is 2.21. The van der Waals surface area contributed by atoms with E-state index in [4.69, 9.17) is 4.74 Å². The fraction of sp³-hybridized carbons (Fsp3) is 0.846. The van der Waals surface area contributed by atoms with E-state index >= 15 is 0 Å². The quantitative estimate of drug-likeness (QED) is 0.791. The Hall–Kier alpha value is -1.10. The van der Waals surface area contributed by atoms with Crippen LogP contribution in [0, 0.1) is 5.92 Å². The second-order valence-electron chi connectivity index (χ2n) is 5.92. The fourth-order valence-corrected chi connectivity index (χ4v) is 2.29. The number of carbonyl (C=O) groups is 2. The van der Waals surface area contributed by atoms with Crippen LogP contribution in [0.1, 0.15) is 34.1 Å². The Bertz CT molecular complexity index is 326. The van der Waals surface area contributed by atoms with Gasteiger partial charge < -0.3 is 15.0 Å². The van der Waals surface area contributed by atoms with Crippen molar-refractivity contribution in [3.8, 4) is 0 Å². The highest BCUT2D eigenvalue weighted by atomic mass is 16.5. The maximum atomic E-state index is 12.4.